The molecule has 1 aliphatic rings. The predicted molar refractivity (Wildman–Crippen MR) is 70.0 cm³/mol. The molecule has 18 heavy (non-hydrogen) atoms. The molecule has 0 unspecified atom stereocenters. The Morgan fingerprint density at radius 1 is 1.28 bits per heavy atom. The second kappa shape index (κ2) is 3.73. The second-order valence-corrected chi connectivity index (χ2v) is 4.81. The minimum absolute atomic E-state index is 0.488. The molecule has 1 aliphatic carbocycles. The van der Waals surface area contributed by atoms with E-state index in [1.807, 2.05) is 30.7 Å². The van der Waals surface area contributed by atoms with Crippen LogP contribution in [0.1, 0.15) is 27.2 Å². The number of carbonyl (C=O) groups is 1. The summed E-state index contributed by atoms with van der Waals surface area (Å²) in [6, 6.07) is 8.26. The van der Waals surface area contributed by atoms with Gasteiger partial charge in [0.05, 0.1) is 11.3 Å². The van der Waals surface area contributed by atoms with Crippen LogP contribution in [0.5, 0.6) is 0 Å². The first-order valence-electron chi connectivity index (χ1n) is 6.11. The third-order valence-electron chi connectivity index (χ3n) is 3.92. The minimum Gasteiger partial charge on any atom is -0.478 e. The van der Waals surface area contributed by atoms with Crippen molar-refractivity contribution in [1.82, 2.24) is 4.57 Å². The van der Waals surface area contributed by atoms with Crippen LogP contribution in [0.25, 0.3) is 11.3 Å². The van der Waals surface area contributed by atoms with Crippen LogP contribution in [0.2, 0.25) is 0 Å². The van der Waals surface area contributed by atoms with Gasteiger partial charge >= 0.3 is 5.97 Å². The van der Waals surface area contributed by atoms with E-state index < -0.39 is 5.97 Å². The lowest BCUT2D eigenvalue weighted by molar-refractivity contribution is 0.0695. The van der Waals surface area contributed by atoms with Crippen molar-refractivity contribution in [2.75, 3.05) is 0 Å². The first kappa shape index (κ1) is 11.1. The van der Waals surface area contributed by atoms with Gasteiger partial charge in [-0.25, -0.2) is 4.79 Å². The summed E-state index contributed by atoms with van der Waals surface area (Å²) >= 11 is 0. The third kappa shape index (κ3) is 1.33. The Morgan fingerprint density at radius 2 is 2.00 bits per heavy atom. The monoisotopic (exact) mass is 241 g/mol. The molecule has 0 radical (unpaired) electrons. The maximum Gasteiger partial charge on any atom is 0.337 e. The van der Waals surface area contributed by atoms with Crippen LogP contribution in [0.4, 0.5) is 0 Å². The van der Waals surface area contributed by atoms with Crippen LogP contribution in [0.15, 0.2) is 24.3 Å². The number of aromatic carboxylic acids is 1. The maximum atomic E-state index is 11.4. The van der Waals surface area contributed by atoms with Crippen LogP contribution in [-0.4, -0.2) is 15.6 Å². The molecule has 3 nitrogen and oxygen atoms in total. The zero-order valence-corrected chi connectivity index (χ0v) is 10.5. The summed E-state index contributed by atoms with van der Waals surface area (Å²) in [5.41, 5.74) is 5.87. The van der Waals surface area contributed by atoms with Gasteiger partial charge < -0.3 is 9.67 Å². The fourth-order valence-electron chi connectivity index (χ4n) is 2.97. The summed E-state index contributed by atoms with van der Waals surface area (Å²) in [5.74, 6) is -0.816. The van der Waals surface area contributed by atoms with Crippen LogP contribution in [0, 0.1) is 6.92 Å². The smallest absolute Gasteiger partial charge is 0.337 e. The van der Waals surface area contributed by atoms with Gasteiger partial charge in [0.1, 0.15) is 0 Å². The number of nitrogens with zero attached hydrogens (tertiary/aromatic N) is 1. The number of carboxylic acid groups (broad SMARTS) is 1. The summed E-state index contributed by atoms with van der Waals surface area (Å²) in [5, 5.41) is 9.37. The van der Waals surface area contributed by atoms with Gasteiger partial charge in [-0.15, -0.1) is 0 Å². The predicted octanol–water partition coefficient (Wildman–Crippen LogP) is 2.80. The molecule has 0 aliphatic heterocycles. The van der Waals surface area contributed by atoms with Crippen LogP contribution >= 0.6 is 0 Å². The molecule has 0 amide bonds. The number of hydrogen-bond acceptors (Lipinski definition) is 1. The summed E-state index contributed by atoms with van der Waals surface area (Å²) in [6.07, 6.45) is 1.74. The molecule has 0 spiro atoms. The topological polar surface area (TPSA) is 42.2 Å². The lowest BCUT2D eigenvalue weighted by Crippen LogP contribution is -2.07. The van der Waals surface area contributed by atoms with Crippen molar-refractivity contribution in [1.29, 1.82) is 0 Å². The third-order valence-corrected chi connectivity index (χ3v) is 3.92. The molecule has 3 rings (SSSR count). The SMILES string of the molecule is Cc1c(C(=O)O)c2c(n1C)-c1ccccc1CC2. The van der Waals surface area contributed by atoms with E-state index >= 15 is 0 Å². The summed E-state index contributed by atoms with van der Waals surface area (Å²) in [4.78, 5) is 11.4. The zero-order chi connectivity index (χ0) is 12.9. The van der Waals surface area contributed by atoms with Crippen LogP contribution in [0.3, 0.4) is 0 Å². The van der Waals surface area contributed by atoms with Gasteiger partial charge in [-0.05, 0) is 30.9 Å². The van der Waals surface area contributed by atoms with E-state index in [0.717, 1.165) is 29.8 Å². The Morgan fingerprint density at radius 3 is 2.72 bits per heavy atom. The normalized spacial score (nSPS) is 13.0. The largest absolute Gasteiger partial charge is 0.478 e. The highest BCUT2D eigenvalue weighted by atomic mass is 16.4. The summed E-state index contributed by atoms with van der Waals surface area (Å²) in [6.45, 7) is 1.88. The number of aromatic nitrogens is 1. The molecule has 0 fully saturated rings. The summed E-state index contributed by atoms with van der Waals surface area (Å²) in [7, 11) is 1.95. The Bertz CT molecular complexity index is 653. The van der Waals surface area contributed by atoms with Crippen molar-refractivity contribution in [3.63, 3.8) is 0 Å². The Labute approximate surface area is 106 Å². The second-order valence-electron chi connectivity index (χ2n) is 4.81. The molecule has 1 N–H and O–H groups in total. The van der Waals surface area contributed by atoms with E-state index in [2.05, 4.69) is 12.1 Å². The fourth-order valence-corrected chi connectivity index (χ4v) is 2.97. The maximum absolute atomic E-state index is 11.4. The molecule has 2 aromatic rings. The first-order chi connectivity index (χ1) is 8.61. The van der Waals surface area contributed by atoms with Gasteiger partial charge in [0.2, 0.25) is 0 Å². The van der Waals surface area contributed by atoms with E-state index in [-0.39, 0.29) is 0 Å². The number of fused-ring (bicyclic) bond motifs is 3. The van der Waals surface area contributed by atoms with Crippen LogP contribution < -0.4 is 0 Å². The molecule has 92 valence electrons. The van der Waals surface area contributed by atoms with E-state index in [9.17, 15) is 9.90 Å². The van der Waals surface area contributed by atoms with Gasteiger partial charge in [-0.1, -0.05) is 24.3 Å². The van der Waals surface area contributed by atoms with E-state index in [0.29, 0.717) is 5.56 Å². The average Bonchev–Trinajstić information content (AvgIpc) is 2.62. The highest BCUT2D eigenvalue weighted by Gasteiger charge is 2.27. The number of carboxylic acids is 1. The number of rotatable bonds is 1. The number of aryl methyl sites for hydroxylation is 1. The Hall–Kier alpha value is -2.03. The molecule has 0 saturated heterocycles. The molecule has 0 atom stereocenters. The van der Waals surface area contributed by atoms with Crippen molar-refractivity contribution in [3.8, 4) is 11.3 Å². The Balaban J connectivity index is 2.36. The minimum atomic E-state index is -0.816. The lowest BCUT2D eigenvalue weighted by atomic mass is 9.88. The van der Waals surface area contributed by atoms with E-state index in [1.165, 1.54) is 11.1 Å². The molecule has 0 saturated carbocycles. The van der Waals surface area contributed by atoms with Crippen molar-refractivity contribution in [2.45, 2.75) is 19.8 Å². The zero-order valence-electron chi connectivity index (χ0n) is 10.5. The Kier molecular flexibility index (Phi) is 2.30. The lowest BCUT2D eigenvalue weighted by Gasteiger charge is -2.18. The molecule has 1 heterocycles. The van der Waals surface area contributed by atoms with E-state index in [4.69, 9.17) is 0 Å². The molecule has 1 aromatic carbocycles. The molecule has 0 bridgehead atoms. The van der Waals surface area contributed by atoms with Gasteiger partial charge in [-0.3, -0.25) is 0 Å². The van der Waals surface area contributed by atoms with Gasteiger partial charge in [0.25, 0.3) is 0 Å². The van der Waals surface area contributed by atoms with Crippen LogP contribution in [-0.2, 0) is 19.9 Å². The average molecular weight is 241 g/mol. The standard InChI is InChI=1S/C15H15NO2/c1-9-13(15(17)18)12-8-7-10-5-3-4-6-11(10)14(12)16(9)2/h3-6H,7-8H2,1-2H3,(H,17,18). The molecular formula is C15H15NO2. The van der Waals surface area contributed by atoms with Gasteiger partial charge in [0, 0.05) is 18.3 Å². The fraction of sp³-hybridized carbons (Fsp3) is 0.267. The quantitative estimate of drug-likeness (QED) is 0.834. The van der Waals surface area contributed by atoms with Crippen molar-refractivity contribution >= 4 is 5.97 Å². The van der Waals surface area contributed by atoms with Crippen molar-refractivity contribution in [3.05, 3.63) is 46.6 Å². The van der Waals surface area contributed by atoms with Crippen molar-refractivity contribution < 1.29 is 9.90 Å². The van der Waals surface area contributed by atoms with Gasteiger partial charge in [0.15, 0.2) is 0 Å². The molecule has 3 heteroatoms. The highest BCUT2D eigenvalue weighted by Crippen LogP contribution is 2.37. The van der Waals surface area contributed by atoms with Gasteiger partial charge in [-0.2, -0.15) is 0 Å². The van der Waals surface area contributed by atoms with E-state index in [1.54, 1.807) is 0 Å². The summed E-state index contributed by atoms with van der Waals surface area (Å²) < 4.78 is 2.01. The highest BCUT2D eigenvalue weighted by molar-refractivity contribution is 5.94. The first-order valence-corrected chi connectivity index (χ1v) is 6.11. The van der Waals surface area contributed by atoms with Crippen molar-refractivity contribution in [2.24, 2.45) is 7.05 Å². The number of benzene rings is 1. The number of hydrogen-bond donors (Lipinski definition) is 1. The molecular weight excluding hydrogens is 226 g/mol. The molecule has 1 aromatic heterocycles.